The number of nitrogens with one attached hydrogen (secondary N) is 6. The molecule has 0 saturated heterocycles. The van der Waals surface area contributed by atoms with Crippen LogP contribution >= 0.6 is 0 Å². The Balaban J connectivity index is 0.000000740. The van der Waals surface area contributed by atoms with Crippen LogP contribution in [0, 0.1) is 0 Å². The highest BCUT2D eigenvalue weighted by Gasteiger charge is 2.39. The Bertz CT molecular complexity index is 4080. The van der Waals surface area contributed by atoms with E-state index in [0.717, 1.165) is 23.2 Å². The molecule has 5 aromatic carbocycles. The summed E-state index contributed by atoms with van der Waals surface area (Å²) in [5.41, 5.74) is 35.2. The maximum Gasteiger partial charge on any atom is 0.408 e. The summed E-state index contributed by atoms with van der Waals surface area (Å²) in [6, 6.07) is 33.5. The number of carbonyl (C=O) groups is 8. The van der Waals surface area contributed by atoms with Crippen molar-refractivity contribution in [2.45, 2.75) is 184 Å². The summed E-state index contributed by atoms with van der Waals surface area (Å²) in [7, 11) is 0. The Morgan fingerprint density at radius 2 is 0.798 bits per heavy atom. The number of alkyl halides is 18. The molecule has 31 nitrogen and oxygen atoms in total. The first-order chi connectivity index (χ1) is 57.7. The Hall–Kier alpha value is -12.5. The van der Waals surface area contributed by atoms with Gasteiger partial charge in [0.2, 0.25) is 11.9 Å². The van der Waals surface area contributed by atoms with E-state index in [2.05, 4.69) is 51.9 Å². The van der Waals surface area contributed by atoms with E-state index in [1.165, 1.54) is 11.0 Å². The van der Waals surface area contributed by atoms with Gasteiger partial charge in [0.25, 0.3) is 5.91 Å². The van der Waals surface area contributed by atoms with E-state index in [-0.39, 0.29) is 51.0 Å². The van der Waals surface area contributed by atoms with Crippen molar-refractivity contribution in [3.8, 4) is 5.69 Å². The minimum atomic E-state index is -4.70. The number of nitrogens with zero attached hydrogens (tertiary/aromatic N) is 5. The van der Waals surface area contributed by atoms with Gasteiger partial charge >= 0.3 is 73.4 Å². The Kier molecular flexibility index (Phi) is 49.0. The molecule has 0 bridgehead atoms. The third-order valence-electron chi connectivity index (χ3n) is 15.0. The first-order valence-corrected chi connectivity index (χ1v) is 36.4. The molecule has 7 rings (SSSR count). The van der Waals surface area contributed by atoms with Crippen molar-refractivity contribution in [2.24, 2.45) is 34.4 Å². The van der Waals surface area contributed by atoms with Crippen molar-refractivity contribution < 1.29 is 147 Å². The van der Waals surface area contributed by atoms with Crippen LogP contribution in [0.3, 0.4) is 0 Å². The van der Waals surface area contributed by atoms with Crippen LogP contribution in [0.15, 0.2) is 164 Å². The maximum atomic E-state index is 12.2. The van der Waals surface area contributed by atoms with Crippen LogP contribution in [0.4, 0.5) is 116 Å². The van der Waals surface area contributed by atoms with Crippen molar-refractivity contribution in [3.05, 3.63) is 192 Å². The van der Waals surface area contributed by atoms with Gasteiger partial charge in [-0.15, -0.1) is 0 Å². The number of carbonyl (C=O) groups excluding carboxylic acids is 6. The van der Waals surface area contributed by atoms with Gasteiger partial charge in [0.05, 0.1) is 62.6 Å². The highest BCUT2D eigenvalue weighted by molar-refractivity contribution is 5.98. The number of hydrogen-bond donors (Lipinski definition) is 14. The third-order valence-corrected chi connectivity index (χ3v) is 15.0. The van der Waals surface area contributed by atoms with Gasteiger partial charge in [-0.2, -0.15) is 99.0 Å². The number of anilines is 3. The van der Waals surface area contributed by atoms with Crippen LogP contribution in [0.5, 0.6) is 0 Å². The minimum Gasteiger partial charge on any atom is -0.480 e. The van der Waals surface area contributed by atoms with Crippen molar-refractivity contribution in [3.63, 3.8) is 0 Å². The fraction of sp³-hybridized carbons (Fsp3) is 0.413. The van der Waals surface area contributed by atoms with E-state index in [9.17, 15) is 117 Å². The molecule has 0 aliphatic rings. The average molecular weight is 1800 g/mol. The summed E-state index contributed by atoms with van der Waals surface area (Å²) in [4.78, 5) is 98.2. The van der Waals surface area contributed by atoms with Crippen molar-refractivity contribution in [1.29, 1.82) is 0 Å². The Morgan fingerprint density at radius 3 is 1.12 bits per heavy atom. The highest BCUT2D eigenvalue weighted by Crippen LogP contribution is 2.28. The van der Waals surface area contributed by atoms with Crippen LogP contribution in [-0.4, -0.2) is 176 Å². The number of carboxylic acid groups (broad SMARTS) is 2. The molecule has 0 aliphatic carbocycles. The van der Waals surface area contributed by atoms with Crippen LogP contribution in [-0.2, 0) is 59.8 Å². The van der Waals surface area contributed by atoms with Gasteiger partial charge < -0.3 is 95.5 Å². The smallest absolute Gasteiger partial charge is 0.408 e. The maximum absolute atomic E-state index is 12.2. The Labute approximate surface area is 696 Å². The molecule has 688 valence electrons. The van der Waals surface area contributed by atoms with Crippen LogP contribution < -0.4 is 66.3 Å². The first kappa shape index (κ1) is 109. The summed E-state index contributed by atoms with van der Waals surface area (Å²) in [6.07, 6.45) is -32.5. The molecule has 7 aromatic rings. The molecule has 0 spiro atoms. The van der Waals surface area contributed by atoms with Gasteiger partial charge in [0, 0.05) is 43.1 Å². The lowest BCUT2D eigenvalue weighted by Gasteiger charge is -2.18. The number of hydrogen-bond acceptors (Lipinski definition) is 22. The zero-order valence-electron chi connectivity index (χ0n) is 66.0. The number of alkyl carbamates (subject to hydrolysis) is 4. The zero-order chi connectivity index (χ0) is 94.0. The Morgan fingerprint density at radius 1 is 0.435 bits per heavy atom. The molecule has 20 N–H and O–H groups in total. The predicted octanol–water partition coefficient (Wildman–Crippen LogP) is 12.9. The van der Waals surface area contributed by atoms with E-state index in [0.29, 0.717) is 41.5 Å². The van der Waals surface area contributed by atoms with Gasteiger partial charge in [0.15, 0.2) is 0 Å². The lowest BCUT2D eigenvalue weighted by atomic mass is 10.1. The molecule has 0 radical (unpaired) electrons. The summed E-state index contributed by atoms with van der Waals surface area (Å²) < 4.78 is 233. The van der Waals surface area contributed by atoms with E-state index >= 15 is 0 Å². The molecule has 0 fully saturated rings. The SMILES string of the molecule is CCC(CN)Nc1ncc(C(N)=O)c(Nc2cccc(-n3nccn3)c2)n1.CC[C@@H](CC(F)(F)F)NC(=O)OCc1ccccc1.CC[C@H](N)CC(F)(F)F.NC(=O)[C@@H](CC(F)(F)F)NC(=O)OCc1ccccc1.NC[C@@H](CC(F)(F)F)NC(=O)OCc1ccccc1.N[C@H](CC(F)(F)F)C(=O)O.O=C(N[C@H](CC(F)(F)F)C(=O)O)OCc1ccccc1. The second-order valence-corrected chi connectivity index (χ2v) is 25.5. The number of aromatic nitrogens is 5. The van der Waals surface area contributed by atoms with Crippen LogP contribution in [0.2, 0.25) is 0 Å². The molecule has 7 atom stereocenters. The average Bonchev–Trinajstić information content (AvgIpc) is 1.10. The van der Waals surface area contributed by atoms with Crippen molar-refractivity contribution >= 4 is 65.6 Å². The fourth-order valence-corrected chi connectivity index (χ4v) is 8.82. The van der Waals surface area contributed by atoms with E-state index in [4.69, 9.17) is 53.1 Å². The van der Waals surface area contributed by atoms with E-state index in [1.54, 1.807) is 152 Å². The molecule has 1 unspecified atom stereocenters. The van der Waals surface area contributed by atoms with E-state index < -0.39 is 160 Å². The number of aliphatic carboxylic acids is 2. The topological polar surface area (TPSA) is 499 Å². The second-order valence-electron chi connectivity index (χ2n) is 25.5. The van der Waals surface area contributed by atoms with Crippen LogP contribution in [0.1, 0.15) is 111 Å². The molecular weight excluding hydrogens is 1700 g/mol. The summed E-state index contributed by atoms with van der Waals surface area (Å²) in [5.74, 6) is -4.66. The molecule has 0 saturated carbocycles. The number of ether oxygens (including phenoxy) is 4. The molecular formula is C75H93F18N17O14. The minimum absolute atomic E-state index is 0.00399. The second kappa shape index (κ2) is 55.5. The van der Waals surface area contributed by atoms with E-state index in [1.807, 2.05) is 37.3 Å². The number of halogens is 18. The molecule has 2 aromatic heterocycles. The molecule has 2 heterocycles. The number of amides is 6. The summed E-state index contributed by atoms with van der Waals surface area (Å²) in [5, 5.41) is 38.7. The van der Waals surface area contributed by atoms with Gasteiger partial charge in [0.1, 0.15) is 55.9 Å². The molecule has 6 amide bonds. The van der Waals surface area contributed by atoms with Gasteiger partial charge in [-0.05, 0) is 59.7 Å². The van der Waals surface area contributed by atoms with Gasteiger partial charge in [-0.25, -0.2) is 29.0 Å². The predicted molar refractivity (Wildman–Crippen MR) is 410 cm³/mol. The summed E-state index contributed by atoms with van der Waals surface area (Å²) >= 11 is 0. The molecule has 0 aliphatic heterocycles. The number of carboxylic acids is 2. The molecule has 49 heteroatoms. The standard InChI is InChI=1S/C17H21N9O.C13H16F3NO2.C12H13F3N2O3.C12H15F3N2O2.C12H12F3NO4.C5H10F3N.C4H6F3NO2/c1-2-11(9-18)24-17-20-10-14(15(19)27)16(25-17)23-12-4-3-5-13(8-12)26-21-6-7-22-26;1-2-11(8-13(14,15)16)17-12(18)19-9-10-6-4-3-5-7-10;13-12(14,15)6-9(10(16)18)17-11(19)20-7-8-4-2-1-3-5-8;13-12(14,15)6-10(7-16)17-11(18)19-8-9-4-2-1-3-5-9;13-12(14,15)6-9(10(17)18)16-11(19)20-7-8-4-2-1-3-5-8;1-2-4(9)3-5(6,7)8;5-4(6,7)1-2(8)3(9)10/h3-8,10-11H,2,9,18H2,1H3,(H2,19,27)(H2,20,23,24,25);3-7,11H,2,8-9H2,1H3,(H,17,18);1-5,9H,6-7H2,(H2,16,18)(H,17,19);1-5,10H,6-8,16H2,(H,17,18);1-5,9H,6-7H2,(H,16,19)(H,17,18);4H,2-3,9H2,1H3;2H,1,8H2,(H,9,10)/t;11-;9-;10-;9-;4-;2-/m.011101/s1. The summed E-state index contributed by atoms with van der Waals surface area (Å²) in [6.45, 7) is 5.11. The lowest BCUT2D eigenvalue weighted by molar-refractivity contribution is -0.158. The van der Waals surface area contributed by atoms with Crippen molar-refractivity contribution in [2.75, 3.05) is 23.7 Å². The zero-order valence-corrected chi connectivity index (χ0v) is 66.0. The number of nitrogens with two attached hydrogens (primary N) is 6. The first-order valence-electron chi connectivity index (χ1n) is 36.4. The quantitative estimate of drug-likeness (QED) is 0.0138. The monoisotopic (exact) mass is 1800 g/mol. The largest absolute Gasteiger partial charge is 0.480 e. The molecule has 124 heavy (non-hydrogen) atoms. The fourth-order valence-electron chi connectivity index (χ4n) is 8.82. The normalized spacial score (nSPS) is 12.9. The van der Waals surface area contributed by atoms with Gasteiger partial charge in [-0.3, -0.25) is 14.4 Å². The number of primary amides is 2. The number of rotatable bonds is 32. The van der Waals surface area contributed by atoms with Gasteiger partial charge in [-0.1, -0.05) is 148 Å². The highest BCUT2D eigenvalue weighted by atomic mass is 19.4. The third kappa shape index (κ3) is 54.7. The number of benzene rings is 5. The van der Waals surface area contributed by atoms with Crippen LogP contribution in [0.25, 0.3) is 5.69 Å². The van der Waals surface area contributed by atoms with Crippen molar-refractivity contribution in [1.82, 2.24) is 46.2 Å². The lowest BCUT2D eigenvalue weighted by Crippen LogP contribution is -2.47.